The average Bonchev–Trinajstić information content (AvgIpc) is 2.39. The lowest BCUT2D eigenvalue weighted by molar-refractivity contribution is 0.102. The molecular weight excluding hydrogens is 254 g/mol. The van der Waals surface area contributed by atoms with E-state index in [-0.39, 0.29) is 11.6 Å². The lowest BCUT2D eigenvalue weighted by Crippen LogP contribution is -2.14. The van der Waals surface area contributed by atoms with Crippen LogP contribution in [0.25, 0.3) is 0 Å². The summed E-state index contributed by atoms with van der Waals surface area (Å²) in [6.07, 6.45) is 3.05. The number of rotatable bonds is 3. The SMILES string of the molecule is COc1ncccc1NC(=O)c1cc(Cl)ccn1. The molecule has 0 aliphatic carbocycles. The van der Waals surface area contributed by atoms with Crippen molar-refractivity contribution >= 4 is 23.2 Å². The minimum absolute atomic E-state index is 0.230. The van der Waals surface area contributed by atoms with E-state index in [0.717, 1.165) is 0 Å². The first-order chi connectivity index (χ1) is 8.70. The van der Waals surface area contributed by atoms with Crippen molar-refractivity contribution in [2.45, 2.75) is 0 Å². The quantitative estimate of drug-likeness (QED) is 0.923. The molecule has 2 aromatic heterocycles. The van der Waals surface area contributed by atoms with Crippen molar-refractivity contribution in [2.75, 3.05) is 12.4 Å². The summed E-state index contributed by atoms with van der Waals surface area (Å²) in [6, 6.07) is 6.47. The monoisotopic (exact) mass is 263 g/mol. The van der Waals surface area contributed by atoms with Gasteiger partial charge < -0.3 is 10.1 Å². The van der Waals surface area contributed by atoms with Gasteiger partial charge in [-0.15, -0.1) is 0 Å². The third-order valence-corrected chi connectivity index (χ3v) is 2.40. The van der Waals surface area contributed by atoms with Crippen LogP contribution >= 0.6 is 11.6 Å². The fourth-order valence-corrected chi connectivity index (χ4v) is 1.52. The van der Waals surface area contributed by atoms with E-state index in [1.54, 1.807) is 24.4 Å². The van der Waals surface area contributed by atoms with Gasteiger partial charge in [0, 0.05) is 17.4 Å². The van der Waals surface area contributed by atoms with E-state index in [4.69, 9.17) is 16.3 Å². The number of methoxy groups -OCH3 is 1. The van der Waals surface area contributed by atoms with Crippen molar-refractivity contribution in [2.24, 2.45) is 0 Å². The molecule has 0 radical (unpaired) electrons. The molecule has 0 unspecified atom stereocenters. The third-order valence-electron chi connectivity index (χ3n) is 2.17. The number of hydrogen-bond donors (Lipinski definition) is 1. The Balaban J connectivity index is 2.21. The molecule has 0 saturated carbocycles. The van der Waals surface area contributed by atoms with Gasteiger partial charge >= 0.3 is 0 Å². The van der Waals surface area contributed by atoms with Crippen LogP contribution in [0.1, 0.15) is 10.5 Å². The van der Waals surface area contributed by atoms with Crippen molar-refractivity contribution < 1.29 is 9.53 Å². The summed E-state index contributed by atoms with van der Waals surface area (Å²) < 4.78 is 5.03. The van der Waals surface area contributed by atoms with Crippen LogP contribution in [-0.2, 0) is 0 Å². The fraction of sp³-hybridized carbons (Fsp3) is 0.0833. The summed E-state index contributed by atoms with van der Waals surface area (Å²) in [5, 5.41) is 3.11. The van der Waals surface area contributed by atoms with E-state index in [1.165, 1.54) is 19.4 Å². The summed E-state index contributed by atoms with van der Waals surface area (Å²) in [5.41, 5.74) is 0.709. The van der Waals surface area contributed by atoms with Crippen LogP contribution in [-0.4, -0.2) is 23.0 Å². The lowest BCUT2D eigenvalue weighted by Gasteiger charge is -2.08. The Hall–Kier alpha value is -2.14. The molecule has 0 atom stereocenters. The van der Waals surface area contributed by atoms with Crippen LogP contribution in [0.3, 0.4) is 0 Å². The van der Waals surface area contributed by atoms with Crippen molar-refractivity contribution in [3.05, 3.63) is 47.4 Å². The molecule has 2 aromatic rings. The Morgan fingerprint density at radius 3 is 2.89 bits per heavy atom. The van der Waals surface area contributed by atoms with E-state index >= 15 is 0 Å². The summed E-state index contributed by atoms with van der Waals surface area (Å²) in [5.74, 6) is -0.0309. The van der Waals surface area contributed by atoms with Gasteiger partial charge in [0.05, 0.1) is 7.11 Å². The summed E-state index contributed by atoms with van der Waals surface area (Å²) in [6.45, 7) is 0. The Bertz CT molecular complexity index is 575. The molecule has 1 N–H and O–H groups in total. The van der Waals surface area contributed by atoms with E-state index in [9.17, 15) is 4.79 Å². The van der Waals surface area contributed by atoms with Gasteiger partial charge in [0.2, 0.25) is 5.88 Å². The summed E-state index contributed by atoms with van der Waals surface area (Å²) in [7, 11) is 1.48. The van der Waals surface area contributed by atoms with Crippen molar-refractivity contribution in [1.82, 2.24) is 9.97 Å². The lowest BCUT2D eigenvalue weighted by atomic mass is 10.3. The Morgan fingerprint density at radius 1 is 1.33 bits per heavy atom. The number of amides is 1. The maximum Gasteiger partial charge on any atom is 0.274 e. The van der Waals surface area contributed by atoms with Gasteiger partial charge in [-0.05, 0) is 24.3 Å². The number of nitrogens with one attached hydrogen (secondary N) is 1. The number of anilines is 1. The zero-order valence-corrected chi connectivity index (χ0v) is 10.3. The molecule has 0 fully saturated rings. The molecule has 0 aromatic carbocycles. The number of aromatic nitrogens is 2. The Labute approximate surface area is 109 Å². The second-order valence-electron chi connectivity index (χ2n) is 3.37. The molecule has 5 nitrogen and oxygen atoms in total. The van der Waals surface area contributed by atoms with E-state index < -0.39 is 0 Å². The number of hydrogen-bond acceptors (Lipinski definition) is 4. The predicted octanol–water partition coefficient (Wildman–Crippen LogP) is 2.39. The molecule has 18 heavy (non-hydrogen) atoms. The number of ether oxygens (including phenoxy) is 1. The molecule has 1 amide bonds. The van der Waals surface area contributed by atoms with E-state index in [2.05, 4.69) is 15.3 Å². The van der Waals surface area contributed by atoms with Gasteiger partial charge in [-0.3, -0.25) is 9.78 Å². The number of carbonyl (C=O) groups excluding carboxylic acids is 1. The Kier molecular flexibility index (Phi) is 3.74. The summed E-state index contributed by atoms with van der Waals surface area (Å²) >= 11 is 5.79. The summed E-state index contributed by atoms with van der Waals surface area (Å²) in [4.78, 5) is 19.8. The first-order valence-electron chi connectivity index (χ1n) is 5.12. The van der Waals surface area contributed by atoms with Gasteiger partial charge in [-0.25, -0.2) is 4.98 Å². The zero-order valence-electron chi connectivity index (χ0n) is 9.55. The number of halogens is 1. The van der Waals surface area contributed by atoms with Gasteiger partial charge in [0.1, 0.15) is 11.4 Å². The zero-order chi connectivity index (χ0) is 13.0. The van der Waals surface area contributed by atoms with Crippen molar-refractivity contribution in [1.29, 1.82) is 0 Å². The first kappa shape index (κ1) is 12.3. The molecule has 0 spiro atoms. The van der Waals surface area contributed by atoms with Crippen LogP contribution in [0, 0.1) is 0 Å². The normalized spacial score (nSPS) is 9.89. The van der Waals surface area contributed by atoms with E-state index in [0.29, 0.717) is 16.6 Å². The molecular formula is C12H10ClN3O2. The number of nitrogens with zero attached hydrogens (tertiary/aromatic N) is 2. The predicted molar refractivity (Wildman–Crippen MR) is 68.0 cm³/mol. The first-order valence-corrected chi connectivity index (χ1v) is 5.50. The van der Waals surface area contributed by atoms with E-state index in [1.807, 2.05) is 0 Å². The van der Waals surface area contributed by atoms with Crippen LogP contribution in [0.4, 0.5) is 5.69 Å². The highest BCUT2D eigenvalue weighted by atomic mass is 35.5. The van der Waals surface area contributed by atoms with Crippen LogP contribution in [0.2, 0.25) is 5.02 Å². The number of carbonyl (C=O) groups is 1. The second kappa shape index (κ2) is 5.46. The minimum Gasteiger partial charge on any atom is -0.480 e. The maximum atomic E-state index is 11.9. The highest BCUT2D eigenvalue weighted by molar-refractivity contribution is 6.30. The van der Waals surface area contributed by atoms with Gasteiger partial charge in [0.15, 0.2) is 0 Å². The molecule has 0 saturated heterocycles. The Morgan fingerprint density at radius 2 is 2.17 bits per heavy atom. The highest BCUT2D eigenvalue weighted by Crippen LogP contribution is 2.20. The van der Waals surface area contributed by atoms with Gasteiger partial charge in [-0.2, -0.15) is 0 Å². The van der Waals surface area contributed by atoms with Gasteiger partial charge in [-0.1, -0.05) is 11.6 Å². The van der Waals surface area contributed by atoms with Crippen LogP contribution in [0.15, 0.2) is 36.7 Å². The highest BCUT2D eigenvalue weighted by Gasteiger charge is 2.11. The minimum atomic E-state index is -0.371. The average molecular weight is 264 g/mol. The topological polar surface area (TPSA) is 64.1 Å². The molecule has 0 aliphatic heterocycles. The fourth-order valence-electron chi connectivity index (χ4n) is 1.36. The maximum absolute atomic E-state index is 11.9. The smallest absolute Gasteiger partial charge is 0.274 e. The molecule has 2 heterocycles. The van der Waals surface area contributed by atoms with Gasteiger partial charge in [0.25, 0.3) is 5.91 Å². The number of pyridine rings is 2. The van der Waals surface area contributed by atoms with Crippen LogP contribution in [0.5, 0.6) is 5.88 Å². The molecule has 0 aliphatic rings. The third kappa shape index (κ3) is 2.75. The standard InChI is InChI=1S/C12H10ClN3O2/c1-18-12-9(3-2-5-15-12)16-11(17)10-7-8(13)4-6-14-10/h2-7H,1H3,(H,16,17). The largest absolute Gasteiger partial charge is 0.480 e. The molecule has 2 rings (SSSR count). The van der Waals surface area contributed by atoms with Crippen molar-refractivity contribution in [3.8, 4) is 5.88 Å². The molecule has 0 bridgehead atoms. The molecule has 6 heteroatoms. The van der Waals surface area contributed by atoms with Crippen LogP contribution < -0.4 is 10.1 Å². The second-order valence-corrected chi connectivity index (χ2v) is 3.81. The van der Waals surface area contributed by atoms with Crippen molar-refractivity contribution in [3.63, 3.8) is 0 Å². The molecule has 92 valence electrons.